The van der Waals surface area contributed by atoms with Crippen LogP contribution < -0.4 is 10.5 Å². The zero-order chi connectivity index (χ0) is 28.3. The number of pyridine rings is 1. The van der Waals surface area contributed by atoms with Crippen LogP contribution in [0.15, 0.2) is 34.1 Å². The van der Waals surface area contributed by atoms with Crippen LogP contribution in [0.2, 0.25) is 0 Å². The normalized spacial score (nSPS) is 17.6. The number of unbranched alkanes of at least 4 members (excludes halogenated alkanes) is 9. The van der Waals surface area contributed by atoms with E-state index in [1.807, 2.05) is 12.1 Å². The Hall–Kier alpha value is -2.27. The highest BCUT2D eigenvalue weighted by atomic mass is 32.2. The van der Waals surface area contributed by atoms with Crippen LogP contribution >= 0.6 is 24.0 Å². The van der Waals surface area contributed by atoms with Gasteiger partial charge in [0.1, 0.15) is 15.8 Å². The number of amides is 1. The fourth-order valence-electron chi connectivity index (χ4n) is 5.36. The Morgan fingerprint density at radius 3 is 2.30 bits per heavy atom. The molecule has 2 aromatic heterocycles. The maximum atomic E-state index is 13.6. The Morgan fingerprint density at radius 1 is 0.950 bits per heavy atom. The van der Waals surface area contributed by atoms with Gasteiger partial charge in [-0.05, 0) is 24.6 Å². The summed E-state index contributed by atoms with van der Waals surface area (Å²) in [7, 11) is 0. The first kappa shape index (κ1) is 30.7. The summed E-state index contributed by atoms with van der Waals surface area (Å²) in [6, 6.07) is 5.49. The summed E-state index contributed by atoms with van der Waals surface area (Å²) in [6.45, 7) is 6.56. The van der Waals surface area contributed by atoms with Crippen molar-refractivity contribution in [2.24, 2.45) is 0 Å². The van der Waals surface area contributed by atoms with Crippen molar-refractivity contribution in [2.75, 3.05) is 50.8 Å². The topological polar surface area (TPSA) is 81.4 Å². The second-order valence-electron chi connectivity index (χ2n) is 10.7. The highest BCUT2D eigenvalue weighted by Crippen LogP contribution is 2.34. The number of anilines is 1. The molecule has 2 saturated heterocycles. The van der Waals surface area contributed by atoms with Crippen molar-refractivity contribution in [1.82, 2.24) is 19.2 Å². The number of rotatable bonds is 15. The molecule has 0 radical (unpaired) electrons. The van der Waals surface area contributed by atoms with Crippen molar-refractivity contribution < 1.29 is 9.90 Å². The molecule has 2 fully saturated rings. The van der Waals surface area contributed by atoms with Gasteiger partial charge in [-0.2, -0.15) is 0 Å². The molecule has 0 saturated carbocycles. The second-order valence-corrected chi connectivity index (χ2v) is 12.3. The number of aromatic nitrogens is 2. The van der Waals surface area contributed by atoms with E-state index in [0.29, 0.717) is 52.4 Å². The molecular weight excluding hydrogens is 542 g/mol. The van der Waals surface area contributed by atoms with Crippen molar-refractivity contribution in [3.63, 3.8) is 0 Å². The SMILES string of the molecule is CCCCCCCCCCCCN1C(=O)C(=Cc2c(N3CCN(CCO)CC3)nc3ccccn3c2=O)SC1=S. The number of thioether (sulfide) groups is 1. The number of piperazine rings is 1. The molecule has 2 aliphatic rings. The van der Waals surface area contributed by atoms with Gasteiger partial charge in [-0.15, -0.1) is 0 Å². The molecular formula is C30H43N5O3S2. The largest absolute Gasteiger partial charge is 0.395 e. The summed E-state index contributed by atoms with van der Waals surface area (Å²) in [5, 5.41) is 9.29. The van der Waals surface area contributed by atoms with Gasteiger partial charge in [0.25, 0.3) is 11.5 Å². The number of aliphatic hydroxyl groups is 1. The van der Waals surface area contributed by atoms with Crippen LogP contribution in [0.5, 0.6) is 0 Å². The van der Waals surface area contributed by atoms with E-state index < -0.39 is 0 Å². The minimum Gasteiger partial charge on any atom is -0.395 e. The average Bonchev–Trinajstić information content (AvgIpc) is 3.23. The molecule has 0 atom stereocenters. The third-order valence-electron chi connectivity index (χ3n) is 7.72. The van der Waals surface area contributed by atoms with E-state index in [9.17, 15) is 14.7 Å². The van der Waals surface area contributed by atoms with E-state index in [-0.39, 0.29) is 18.1 Å². The molecule has 0 spiro atoms. The number of hydrogen-bond donors (Lipinski definition) is 1. The number of carbonyl (C=O) groups excluding carboxylic acids is 1. The highest BCUT2D eigenvalue weighted by Gasteiger charge is 2.33. The fourth-order valence-corrected chi connectivity index (χ4v) is 6.65. The fraction of sp³-hybridized carbons (Fsp3) is 0.600. The molecule has 218 valence electrons. The first-order valence-electron chi connectivity index (χ1n) is 14.9. The summed E-state index contributed by atoms with van der Waals surface area (Å²) in [5.74, 6) is 0.474. The van der Waals surface area contributed by atoms with Crippen LogP contribution in [0.1, 0.15) is 76.7 Å². The highest BCUT2D eigenvalue weighted by molar-refractivity contribution is 8.26. The zero-order valence-corrected chi connectivity index (χ0v) is 25.4. The molecule has 8 nitrogen and oxygen atoms in total. The molecule has 1 amide bonds. The van der Waals surface area contributed by atoms with Crippen LogP contribution in [0.25, 0.3) is 11.7 Å². The van der Waals surface area contributed by atoms with Gasteiger partial charge in [0.05, 0.1) is 17.1 Å². The maximum Gasteiger partial charge on any atom is 0.267 e. The lowest BCUT2D eigenvalue weighted by Crippen LogP contribution is -2.48. The predicted molar refractivity (Wildman–Crippen MR) is 169 cm³/mol. The number of fused-ring (bicyclic) bond motifs is 1. The van der Waals surface area contributed by atoms with Crippen LogP contribution in [-0.4, -0.2) is 80.4 Å². The van der Waals surface area contributed by atoms with Gasteiger partial charge in [-0.3, -0.25) is 23.8 Å². The third-order valence-corrected chi connectivity index (χ3v) is 9.10. The number of aliphatic hydroxyl groups excluding tert-OH is 1. The molecule has 0 aliphatic carbocycles. The first-order valence-corrected chi connectivity index (χ1v) is 16.1. The third kappa shape index (κ3) is 7.93. The number of thiocarbonyl (C=S) groups is 1. The van der Waals surface area contributed by atoms with Crippen LogP contribution in [0.4, 0.5) is 5.82 Å². The molecule has 4 heterocycles. The second kappa shape index (κ2) is 15.7. The minimum atomic E-state index is -0.196. The lowest BCUT2D eigenvalue weighted by molar-refractivity contribution is -0.122. The van der Waals surface area contributed by atoms with E-state index in [2.05, 4.69) is 16.7 Å². The number of carbonyl (C=O) groups is 1. The van der Waals surface area contributed by atoms with E-state index in [0.717, 1.165) is 25.9 Å². The Morgan fingerprint density at radius 2 is 1.62 bits per heavy atom. The van der Waals surface area contributed by atoms with Crippen molar-refractivity contribution in [3.05, 3.63) is 45.2 Å². The van der Waals surface area contributed by atoms with Gasteiger partial charge >= 0.3 is 0 Å². The molecule has 0 aromatic carbocycles. The number of β-amino-alcohol motifs (C(OH)–C–C–N with tert-alkyl or cyclic N) is 1. The smallest absolute Gasteiger partial charge is 0.267 e. The van der Waals surface area contributed by atoms with Crippen molar-refractivity contribution in [2.45, 2.75) is 71.1 Å². The first-order chi connectivity index (χ1) is 19.5. The molecule has 1 N–H and O–H groups in total. The van der Waals surface area contributed by atoms with Crippen LogP contribution in [0, 0.1) is 0 Å². The number of nitrogens with zero attached hydrogens (tertiary/aromatic N) is 5. The lowest BCUT2D eigenvalue weighted by Gasteiger charge is -2.35. The Bertz CT molecular complexity index is 1240. The van der Waals surface area contributed by atoms with Crippen LogP contribution in [0.3, 0.4) is 0 Å². The van der Waals surface area contributed by atoms with E-state index in [4.69, 9.17) is 17.2 Å². The van der Waals surface area contributed by atoms with Crippen molar-refractivity contribution in [3.8, 4) is 0 Å². The summed E-state index contributed by atoms with van der Waals surface area (Å²) in [5.41, 5.74) is 0.794. The monoisotopic (exact) mass is 585 g/mol. The summed E-state index contributed by atoms with van der Waals surface area (Å²) in [6.07, 6.45) is 15.8. The quantitative estimate of drug-likeness (QED) is 0.179. The predicted octanol–water partition coefficient (Wildman–Crippen LogP) is 4.93. The Balaban J connectivity index is 1.42. The lowest BCUT2D eigenvalue weighted by atomic mass is 10.1. The average molecular weight is 586 g/mol. The van der Waals surface area contributed by atoms with Gasteiger partial charge < -0.3 is 10.0 Å². The minimum absolute atomic E-state index is 0.123. The van der Waals surface area contributed by atoms with Gasteiger partial charge in [-0.25, -0.2) is 4.98 Å². The molecule has 10 heteroatoms. The molecule has 40 heavy (non-hydrogen) atoms. The summed E-state index contributed by atoms with van der Waals surface area (Å²) in [4.78, 5) is 38.3. The van der Waals surface area contributed by atoms with Gasteiger partial charge in [0, 0.05) is 45.5 Å². The molecule has 2 aromatic rings. The van der Waals surface area contributed by atoms with E-state index in [1.54, 1.807) is 23.2 Å². The summed E-state index contributed by atoms with van der Waals surface area (Å²) < 4.78 is 2.09. The molecule has 0 bridgehead atoms. The standard InChI is InChI=1S/C30H43N5O3S2/c1-2-3-4-5-6-7-8-9-10-12-16-35-29(38)25(40-30(35)39)23-24-27(33-19-17-32(18-20-33)21-22-36)31-26-14-11-13-15-34(26)28(24)37/h11,13-15,23,36H,2-10,12,16-22H2,1H3. The van der Waals surface area contributed by atoms with Gasteiger partial charge in [0.2, 0.25) is 0 Å². The van der Waals surface area contributed by atoms with Gasteiger partial charge in [-0.1, -0.05) is 94.8 Å². The van der Waals surface area contributed by atoms with Crippen molar-refractivity contribution in [1.29, 1.82) is 0 Å². The van der Waals surface area contributed by atoms with E-state index in [1.165, 1.54) is 67.5 Å². The van der Waals surface area contributed by atoms with Crippen molar-refractivity contribution >= 4 is 51.7 Å². The maximum absolute atomic E-state index is 13.6. The van der Waals surface area contributed by atoms with E-state index >= 15 is 0 Å². The van der Waals surface area contributed by atoms with Crippen LogP contribution in [-0.2, 0) is 4.79 Å². The Kier molecular flexibility index (Phi) is 12.0. The summed E-state index contributed by atoms with van der Waals surface area (Å²) >= 11 is 6.85. The zero-order valence-electron chi connectivity index (χ0n) is 23.7. The molecule has 0 unspecified atom stereocenters. The molecule has 4 rings (SSSR count). The molecule has 2 aliphatic heterocycles. The van der Waals surface area contributed by atoms with Gasteiger partial charge in [0.15, 0.2) is 0 Å². The number of hydrogen-bond acceptors (Lipinski definition) is 8. The Labute approximate surface area is 247 Å².